The molecule has 1 atom stereocenters. The van der Waals surface area contributed by atoms with Crippen LogP contribution >= 0.6 is 0 Å². The van der Waals surface area contributed by atoms with E-state index in [2.05, 4.69) is 0 Å². The van der Waals surface area contributed by atoms with Crippen molar-refractivity contribution in [3.63, 3.8) is 0 Å². The third-order valence-electron chi connectivity index (χ3n) is 4.81. The van der Waals surface area contributed by atoms with E-state index in [4.69, 9.17) is 4.74 Å². The van der Waals surface area contributed by atoms with Crippen molar-refractivity contribution in [1.82, 2.24) is 14.4 Å². The highest BCUT2D eigenvalue weighted by molar-refractivity contribution is 5.79. The van der Waals surface area contributed by atoms with Crippen molar-refractivity contribution >= 4 is 11.8 Å². The second-order valence-corrected chi connectivity index (χ2v) is 6.34. The van der Waals surface area contributed by atoms with Crippen LogP contribution in [0.3, 0.4) is 0 Å². The van der Waals surface area contributed by atoms with Crippen molar-refractivity contribution < 1.29 is 14.3 Å². The minimum atomic E-state index is -0.309. The molecule has 3 heterocycles. The Hall–Kier alpha value is -2.31. The first-order valence-electron chi connectivity index (χ1n) is 8.41. The van der Waals surface area contributed by atoms with Gasteiger partial charge in [0.2, 0.25) is 11.8 Å². The minimum absolute atomic E-state index is 0.00327. The predicted octanol–water partition coefficient (Wildman–Crippen LogP) is 0.470. The molecule has 0 saturated carbocycles. The summed E-state index contributed by atoms with van der Waals surface area (Å²) < 4.78 is 6.37. The summed E-state index contributed by atoms with van der Waals surface area (Å²) in [6, 6.07) is 3.38. The Balaban J connectivity index is 1.67. The number of piperidine rings is 1. The second-order valence-electron chi connectivity index (χ2n) is 6.34. The summed E-state index contributed by atoms with van der Waals surface area (Å²) in [5.74, 6) is 0.324. The molecule has 1 aromatic heterocycles. The van der Waals surface area contributed by atoms with Gasteiger partial charge in [-0.15, -0.1) is 0 Å². The molecule has 24 heavy (non-hydrogen) atoms. The molecule has 0 unspecified atom stereocenters. The predicted molar refractivity (Wildman–Crippen MR) is 87.8 cm³/mol. The van der Waals surface area contributed by atoms with Gasteiger partial charge in [-0.2, -0.15) is 0 Å². The molecule has 1 aromatic rings. The van der Waals surface area contributed by atoms with Crippen LogP contribution in [0.5, 0.6) is 5.75 Å². The molecule has 0 bridgehead atoms. The molecule has 0 aromatic carbocycles. The Labute approximate surface area is 140 Å². The van der Waals surface area contributed by atoms with Crippen molar-refractivity contribution in [2.45, 2.75) is 38.3 Å². The Kier molecular flexibility index (Phi) is 4.87. The van der Waals surface area contributed by atoms with E-state index in [1.807, 2.05) is 4.90 Å². The van der Waals surface area contributed by atoms with Crippen molar-refractivity contribution in [2.24, 2.45) is 0 Å². The van der Waals surface area contributed by atoms with Gasteiger partial charge in [0.15, 0.2) is 5.75 Å². The number of nitrogens with zero attached hydrogens (tertiary/aromatic N) is 3. The van der Waals surface area contributed by atoms with Gasteiger partial charge in [-0.05, 0) is 31.4 Å². The van der Waals surface area contributed by atoms with Gasteiger partial charge in [0.1, 0.15) is 6.54 Å². The molecule has 7 nitrogen and oxygen atoms in total. The maximum atomic E-state index is 12.6. The number of methoxy groups -OCH3 is 1. The molecule has 130 valence electrons. The molecule has 2 fully saturated rings. The molecule has 0 aliphatic carbocycles. The molecule has 3 rings (SSSR count). The zero-order chi connectivity index (χ0) is 17.1. The Morgan fingerprint density at radius 1 is 1.29 bits per heavy atom. The van der Waals surface area contributed by atoms with Gasteiger partial charge in [0, 0.05) is 38.3 Å². The van der Waals surface area contributed by atoms with E-state index in [0.29, 0.717) is 19.5 Å². The largest absolute Gasteiger partial charge is 0.491 e. The maximum Gasteiger partial charge on any atom is 0.293 e. The van der Waals surface area contributed by atoms with E-state index in [1.165, 1.54) is 11.7 Å². The van der Waals surface area contributed by atoms with E-state index in [-0.39, 0.29) is 35.7 Å². The van der Waals surface area contributed by atoms with E-state index >= 15 is 0 Å². The normalized spacial score (nSPS) is 21.2. The molecule has 0 N–H and O–H groups in total. The highest BCUT2D eigenvalue weighted by atomic mass is 16.5. The lowest BCUT2D eigenvalue weighted by atomic mass is 10.0. The molecule has 2 amide bonds. The topological polar surface area (TPSA) is 71.8 Å². The van der Waals surface area contributed by atoms with Gasteiger partial charge in [-0.25, -0.2) is 0 Å². The fourth-order valence-corrected chi connectivity index (χ4v) is 3.53. The molecular formula is C17H23N3O4. The van der Waals surface area contributed by atoms with Crippen molar-refractivity contribution in [2.75, 3.05) is 26.7 Å². The third kappa shape index (κ3) is 3.29. The van der Waals surface area contributed by atoms with Crippen LogP contribution in [0.4, 0.5) is 0 Å². The smallest absolute Gasteiger partial charge is 0.293 e. The average molecular weight is 333 g/mol. The van der Waals surface area contributed by atoms with Crippen molar-refractivity contribution in [3.8, 4) is 5.75 Å². The van der Waals surface area contributed by atoms with Crippen LogP contribution in [0, 0.1) is 0 Å². The molecular weight excluding hydrogens is 310 g/mol. The minimum Gasteiger partial charge on any atom is -0.491 e. The van der Waals surface area contributed by atoms with Gasteiger partial charge in [0.05, 0.1) is 7.11 Å². The first kappa shape index (κ1) is 16.5. The lowest BCUT2D eigenvalue weighted by Crippen LogP contribution is -2.51. The number of likely N-dealkylation sites (tertiary alicyclic amines) is 2. The van der Waals surface area contributed by atoms with Crippen LogP contribution in [0.1, 0.15) is 25.7 Å². The van der Waals surface area contributed by atoms with E-state index in [1.54, 1.807) is 23.2 Å². The zero-order valence-corrected chi connectivity index (χ0v) is 13.9. The highest BCUT2D eigenvalue weighted by Crippen LogP contribution is 2.21. The number of ether oxygens (including phenoxy) is 1. The lowest BCUT2D eigenvalue weighted by Gasteiger charge is -2.37. The van der Waals surface area contributed by atoms with Crippen LogP contribution in [-0.4, -0.2) is 59.0 Å². The summed E-state index contributed by atoms with van der Waals surface area (Å²) in [5, 5.41) is 0. The quantitative estimate of drug-likeness (QED) is 0.803. The van der Waals surface area contributed by atoms with Crippen LogP contribution < -0.4 is 10.3 Å². The Morgan fingerprint density at radius 2 is 2.12 bits per heavy atom. The summed E-state index contributed by atoms with van der Waals surface area (Å²) in [5.41, 5.74) is -0.309. The number of carbonyl (C=O) groups excluding carboxylic acids is 2. The van der Waals surface area contributed by atoms with Crippen LogP contribution in [0.15, 0.2) is 23.1 Å². The van der Waals surface area contributed by atoms with E-state index in [0.717, 1.165) is 25.8 Å². The number of aromatic nitrogens is 1. The number of amides is 2. The summed E-state index contributed by atoms with van der Waals surface area (Å²) in [4.78, 5) is 40.3. The molecule has 2 aliphatic heterocycles. The van der Waals surface area contributed by atoms with Gasteiger partial charge in [-0.3, -0.25) is 14.4 Å². The maximum absolute atomic E-state index is 12.6. The number of hydrogen-bond donors (Lipinski definition) is 0. The molecule has 0 radical (unpaired) electrons. The molecule has 2 aliphatic rings. The zero-order valence-electron chi connectivity index (χ0n) is 13.9. The first-order valence-corrected chi connectivity index (χ1v) is 8.41. The standard InChI is InChI=1S/C17H23N3O4/c1-24-14-6-3-9-19(17(14)23)12-16(22)18-8-2-5-13(11-18)20-10-4-7-15(20)21/h3,6,9,13H,2,4-5,7-8,10-12H2,1H3/t13-/m0/s1. The second kappa shape index (κ2) is 7.07. The first-order chi connectivity index (χ1) is 11.6. The van der Waals surface area contributed by atoms with Crippen LogP contribution in [0.25, 0.3) is 0 Å². The van der Waals surface area contributed by atoms with Gasteiger partial charge < -0.3 is 19.1 Å². The number of rotatable bonds is 4. The van der Waals surface area contributed by atoms with Gasteiger partial charge >= 0.3 is 0 Å². The fourth-order valence-electron chi connectivity index (χ4n) is 3.53. The Bertz CT molecular complexity index is 685. The molecule has 7 heteroatoms. The summed E-state index contributed by atoms with van der Waals surface area (Å²) >= 11 is 0. The van der Waals surface area contributed by atoms with Crippen LogP contribution in [-0.2, 0) is 16.1 Å². The average Bonchev–Trinajstić information content (AvgIpc) is 3.03. The lowest BCUT2D eigenvalue weighted by molar-refractivity contribution is -0.138. The number of carbonyl (C=O) groups is 2. The third-order valence-corrected chi connectivity index (χ3v) is 4.81. The van der Waals surface area contributed by atoms with Gasteiger partial charge in [-0.1, -0.05) is 0 Å². The molecule has 2 saturated heterocycles. The highest BCUT2D eigenvalue weighted by Gasteiger charge is 2.32. The van der Waals surface area contributed by atoms with E-state index in [9.17, 15) is 14.4 Å². The SMILES string of the molecule is COc1cccn(CC(=O)N2CCC[C@H](N3CCCC3=O)C2)c1=O. The summed E-state index contributed by atoms with van der Waals surface area (Å²) in [6.07, 6.45) is 4.93. The van der Waals surface area contributed by atoms with Crippen LogP contribution in [0.2, 0.25) is 0 Å². The number of pyridine rings is 1. The van der Waals surface area contributed by atoms with E-state index < -0.39 is 0 Å². The van der Waals surface area contributed by atoms with Crippen molar-refractivity contribution in [1.29, 1.82) is 0 Å². The molecule has 0 spiro atoms. The van der Waals surface area contributed by atoms with Gasteiger partial charge in [0.25, 0.3) is 5.56 Å². The Morgan fingerprint density at radius 3 is 2.83 bits per heavy atom. The monoisotopic (exact) mass is 333 g/mol. The summed E-state index contributed by atoms with van der Waals surface area (Å²) in [7, 11) is 1.44. The summed E-state index contributed by atoms with van der Waals surface area (Å²) in [6.45, 7) is 2.02. The number of hydrogen-bond acceptors (Lipinski definition) is 4. The van der Waals surface area contributed by atoms with Crippen molar-refractivity contribution in [3.05, 3.63) is 28.7 Å². The fraction of sp³-hybridized carbons (Fsp3) is 0.588.